The Hall–Kier alpha value is -1.20. The Morgan fingerprint density at radius 3 is 2.52 bits per heavy atom. The summed E-state index contributed by atoms with van der Waals surface area (Å²) < 4.78 is 0. The first-order valence-corrected chi connectivity index (χ1v) is 9.14. The first kappa shape index (κ1) is 16.7. The Labute approximate surface area is 143 Å². The van der Waals surface area contributed by atoms with Crippen LogP contribution >= 0.6 is 11.3 Å². The van der Waals surface area contributed by atoms with Crippen molar-refractivity contribution in [2.45, 2.75) is 31.5 Å². The summed E-state index contributed by atoms with van der Waals surface area (Å²) in [7, 11) is 4.21. The topological polar surface area (TPSA) is 26.7 Å². The van der Waals surface area contributed by atoms with Crippen LogP contribution in [0.25, 0.3) is 0 Å². The summed E-state index contributed by atoms with van der Waals surface area (Å²) in [5.41, 5.74) is 1.81. The third-order valence-corrected chi connectivity index (χ3v) is 5.55. The van der Waals surface area contributed by atoms with E-state index in [1.54, 1.807) is 0 Å². The molecule has 4 heteroatoms. The van der Waals surface area contributed by atoms with Gasteiger partial charge in [-0.1, -0.05) is 30.3 Å². The van der Waals surface area contributed by atoms with Crippen molar-refractivity contribution in [3.63, 3.8) is 0 Å². The molecule has 1 fully saturated rings. The minimum absolute atomic E-state index is 0.650. The van der Waals surface area contributed by atoms with Crippen LogP contribution in [0.4, 0.5) is 0 Å². The highest BCUT2D eigenvalue weighted by atomic mass is 32.1. The number of rotatable bonds is 5. The molecule has 3 rings (SSSR count). The molecule has 0 radical (unpaired) electrons. The van der Waals surface area contributed by atoms with Crippen molar-refractivity contribution in [3.05, 3.63) is 57.8 Å². The summed E-state index contributed by atoms with van der Waals surface area (Å²) >= 11 is 1.85. The fourth-order valence-corrected chi connectivity index (χ4v) is 4.22. The number of benzene rings is 1. The van der Waals surface area contributed by atoms with E-state index in [9.17, 15) is 5.11 Å². The lowest BCUT2D eigenvalue weighted by Gasteiger charge is -2.38. The fourth-order valence-electron chi connectivity index (χ4n) is 3.30. The number of thiophene rings is 1. The molecule has 1 aromatic heterocycles. The smallest absolute Gasteiger partial charge is 0.0920 e. The summed E-state index contributed by atoms with van der Waals surface area (Å²) in [6.07, 6.45) is 1.62. The maximum atomic E-state index is 10.9. The maximum Gasteiger partial charge on any atom is 0.0920 e. The zero-order valence-electron chi connectivity index (χ0n) is 14.0. The van der Waals surface area contributed by atoms with Gasteiger partial charge in [0, 0.05) is 31.1 Å². The highest BCUT2D eigenvalue weighted by molar-refractivity contribution is 7.10. The molecule has 1 saturated heterocycles. The molecule has 0 aliphatic carbocycles. The van der Waals surface area contributed by atoms with Gasteiger partial charge in [-0.05, 0) is 49.5 Å². The molecule has 1 aliphatic rings. The second kappa shape index (κ2) is 7.14. The lowest BCUT2D eigenvalue weighted by atomic mass is 9.84. The lowest BCUT2D eigenvalue weighted by molar-refractivity contribution is -0.0275. The molecule has 2 heterocycles. The van der Waals surface area contributed by atoms with Gasteiger partial charge in [0.25, 0.3) is 0 Å². The van der Waals surface area contributed by atoms with Crippen LogP contribution in [0.2, 0.25) is 0 Å². The molecule has 0 unspecified atom stereocenters. The van der Waals surface area contributed by atoms with Crippen LogP contribution in [0.5, 0.6) is 0 Å². The molecule has 2 aromatic rings. The van der Waals surface area contributed by atoms with E-state index < -0.39 is 5.60 Å². The van der Waals surface area contributed by atoms with Crippen molar-refractivity contribution in [1.29, 1.82) is 0 Å². The zero-order valence-corrected chi connectivity index (χ0v) is 14.9. The molecule has 1 aromatic carbocycles. The van der Waals surface area contributed by atoms with Crippen LogP contribution in [0.1, 0.15) is 28.8 Å². The molecule has 0 atom stereocenters. The number of aliphatic hydroxyl groups is 1. The van der Waals surface area contributed by atoms with Gasteiger partial charge < -0.3 is 10.0 Å². The van der Waals surface area contributed by atoms with Crippen LogP contribution in [0.3, 0.4) is 0 Å². The number of hydrogen-bond acceptors (Lipinski definition) is 4. The Bertz CT molecular complexity index is 615. The van der Waals surface area contributed by atoms with Crippen LogP contribution in [0.15, 0.2) is 41.8 Å². The van der Waals surface area contributed by atoms with Crippen molar-refractivity contribution in [2.75, 3.05) is 27.2 Å². The van der Waals surface area contributed by atoms with Crippen molar-refractivity contribution in [1.82, 2.24) is 9.80 Å². The molecule has 0 spiro atoms. The summed E-state index contributed by atoms with van der Waals surface area (Å²) in [6, 6.07) is 12.4. The van der Waals surface area contributed by atoms with E-state index in [0.717, 1.165) is 44.6 Å². The van der Waals surface area contributed by atoms with Crippen molar-refractivity contribution >= 4 is 11.3 Å². The van der Waals surface area contributed by atoms with E-state index in [0.29, 0.717) is 0 Å². The third-order valence-electron chi connectivity index (χ3n) is 4.58. The van der Waals surface area contributed by atoms with Gasteiger partial charge in [0.1, 0.15) is 0 Å². The predicted molar refractivity (Wildman–Crippen MR) is 96.6 cm³/mol. The van der Waals surface area contributed by atoms with Gasteiger partial charge in [-0.15, -0.1) is 11.3 Å². The summed E-state index contributed by atoms with van der Waals surface area (Å²) in [5.74, 6) is 0. The summed E-state index contributed by atoms with van der Waals surface area (Å²) in [5, 5.41) is 13.2. The summed E-state index contributed by atoms with van der Waals surface area (Å²) in [6.45, 7) is 3.91. The van der Waals surface area contributed by atoms with Gasteiger partial charge in [0.05, 0.1) is 5.60 Å². The lowest BCUT2D eigenvalue weighted by Crippen LogP contribution is -2.42. The second-order valence-corrected chi connectivity index (χ2v) is 7.83. The quantitative estimate of drug-likeness (QED) is 0.911. The Morgan fingerprint density at radius 1 is 1.17 bits per heavy atom. The molecule has 0 bridgehead atoms. The minimum Gasteiger partial charge on any atom is -0.385 e. The maximum absolute atomic E-state index is 10.9. The number of nitrogens with zero attached hydrogens (tertiary/aromatic N) is 2. The van der Waals surface area contributed by atoms with Crippen LogP contribution in [-0.4, -0.2) is 42.1 Å². The predicted octanol–water partition coefficient (Wildman–Crippen LogP) is 3.29. The SMILES string of the molecule is CN(C)Cc1csc(CN2CCC(O)(c3ccccc3)CC2)c1. The molecule has 0 amide bonds. The van der Waals surface area contributed by atoms with E-state index in [4.69, 9.17) is 0 Å². The minimum atomic E-state index is -0.650. The van der Waals surface area contributed by atoms with E-state index in [1.807, 2.05) is 41.7 Å². The van der Waals surface area contributed by atoms with Crippen LogP contribution < -0.4 is 0 Å². The average molecular weight is 330 g/mol. The van der Waals surface area contributed by atoms with E-state index in [1.165, 1.54) is 10.4 Å². The Balaban J connectivity index is 1.56. The first-order chi connectivity index (χ1) is 11.0. The molecule has 0 saturated carbocycles. The molecule has 3 nitrogen and oxygen atoms in total. The molecule has 23 heavy (non-hydrogen) atoms. The average Bonchev–Trinajstić information content (AvgIpc) is 2.97. The van der Waals surface area contributed by atoms with Gasteiger partial charge in [-0.25, -0.2) is 0 Å². The number of piperidine rings is 1. The molecule has 1 aliphatic heterocycles. The van der Waals surface area contributed by atoms with E-state index in [-0.39, 0.29) is 0 Å². The van der Waals surface area contributed by atoms with Crippen LogP contribution in [0, 0.1) is 0 Å². The second-order valence-electron chi connectivity index (χ2n) is 6.83. The third kappa shape index (κ3) is 4.21. The molecule has 124 valence electrons. The van der Waals surface area contributed by atoms with E-state index >= 15 is 0 Å². The van der Waals surface area contributed by atoms with Gasteiger partial charge in [-0.2, -0.15) is 0 Å². The van der Waals surface area contributed by atoms with Gasteiger partial charge >= 0.3 is 0 Å². The normalized spacial score (nSPS) is 18.4. The number of hydrogen-bond donors (Lipinski definition) is 1. The molecule has 1 N–H and O–H groups in total. The fraction of sp³-hybridized carbons (Fsp3) is 0.474. The highest BCUT2D eigenvalue weighted by Gasteiger charge is 2.33. The van der Waals surface area contributed by atoms with Crippen molar-refractivity contribution < 1.29 is 5.11 Å². The van der Waals surface area contributed by atoms with Gasteiger partial charge in [0.15, 0.2) is 0 Å². The zero-order chi connectivity index (χ0) is 16.3. The largest absolute Gasteiger partial charge is 0.385 e. The Kier molecular flexibility index (Phi) is 5.17. The summed E-state index contributed by atoms with van der Waals surface area (Å²) in [4.78, 5) is 6.09. The Morgan fingerprint density at radius 2 is 1.87 bits per heavy atom. The van der Waals surface area contributed by atoms with Crippen molar-refractivity contribution in [3.8, 4) is 0 Å². The van der Waals surface area contributed by atoms with Crippen LogP contribution in [-0.2, 0) is 18.7 Å². The van der Waals surface area contributed by atoms with Gasteiger partial charge in [0.2, 0.25) is 0 Å². The molecular formula is C19H26N2OS. The first-order valence-electron chi connectivity index (χ1n) is 8.26. The standard InChI is InChI=1S/C19H26N2OS/c1-20(2)13-16-12-18(23-15-16)14-21-10-8-19(22,9-11-21)17-6-4-3-5-7-17/h3-7,12,15,22H,8-11,13-14H2,1-2H3. The monoisotopic (exact) mass is 330 g/mol. The number of likely N-dealkylation sites (tertiary alicyclic amines) is 1. The van der Waals surface area contributed by atoms with E-state index in [2.05, 4.69) is 35.3 Å². The highest BCUT2D eigenvalue weighted by Crippen LogP contribution is 2.33. The van der Waals surface area contributed by atoms with Crippen molar-refractivity contribution in [2.24, 2.45) is 0 Å². The van der Waals surface area contributed by atoms with Gasteiger partial charge in [-0.3, -0.25) is 4.90 Å². The molecular weight excluding hydrogens is 304 g/mol.